The Hall–Kier alpha value is -0.383. The topological polar surface area (TPSA) is 3.24 Å². The van der Waals surface area contributed by atoms with Crippen LogP contribution in [0.5, 0.6) is 0 Å². The first-order chi connectivity index (χ1) is 4.70. The van der Waals surface area contributed by atoms with E-state index in [0.717, 1.165) is 0 Å². The summed E-state index contributed by atoms with van der Waals surface area (Å²) in [5.41, 5.74) is 2.57. The van der Waals surface area contributed by atoms with Gasteiger partial charge in [0.25, 0.3) is 0 Å². The van der Waals surface area contributed by atoms with Crippen molar-refractivity contribution in [2.45, 2.75) is 6.92 Å². The monoisotopic (exact) mass is 142 g/mol. The summed E-state index contributed by atoms with van der Waals surface area (Å²) in [6.07, 6.45) is 0. The second-order valence-corrected chi connectivity index (χ2v) is 2.73. The molecule has 0 radical (unpaired) electrons. The average Bonchev–Trinajstić information content (AvgIpc) is 1.88. The molecule has 0 heterocycles. The minimum absolute atomic E-state index is 0. The molecule has 0 amide bonds. The number of hydrogen-bond donors (Lipinski definition) is 0. The van der Waals surface area contributed by atoms with Crippen LogP contribution in [-0.2, 0) is 0 Å². The first-order valence-corrected chi connectivity index (χ1v) is 3.44. The molecule has 0 saturated heterocycles. The molecule has 0 saturated carbocycles. The first kappa shape index (κ1) is 10.6. The smallest absolute Gasteiger partial charge is 0.378 e. The van der Waals surface area contributed by atoms with Crippen LogP contribution in [0.2, 0.25) is 0 Å². The van der Waals surface area contributed by atoms with Crippen LogP contribution in [0.3, 0.4) is 0 Å². The van der Waals surface area contributed by atoms with Crippen molar-refractivity contribution in [3.8, 4) is 0 Å². The van der Waals surface area contributed by atoms with Gasteiger partial charge in [0, 0.05) is 19.8 Å². The van der Waals surface area contributed by atoms with Crippen LogP contribution in [0.1, 0.15) is 5.56 Å². The van der Waals surface area contributed by atoms with Crippen LogP contribution in [0, 0.1) is 6.92 Å². The molecule has 0 aliphatic rings. The molecule has 0 N–H and O–H groups in total. The molecule has 11 heavy (non-hydrogen) atoms. The van der Waals surface area contributed by atoms with Crippen molar-refractivity contribution in [3.63, 3.8) is 0 Å². The zero-order valence-electron chi connectivity index (χ0n) is 7.76. The maximum absolute atomic E-state index is 2.12. The Balaban J connectivity index is 0.000001000. The Morgan fingerprint density at radius 1 is 1.00 bits per heavy atom. The Morgan fingerprint density at radius 2 is 1.45 bits per heavy atom. The Kier molecular flexibility index (Phi) is 4.33. The summed E-state index contributed by atoms with van der Waals surface area (Å²) in [6, 6.07) is 8.48. The van der Waals surface area contributed by atoms with E-state index < -0.39 is 0 Å². The van der Waals surface area contributed by atoms with Crippen molar-refractivity contribution in [2.24, 2.45) is 0 Å². The second kappa shape index (κ2) is 4.49. The number of hydrogen-bond acceptors (Lipinski definition) is 1. The van der Waals surface area contributed by atoms with Gasteiger partial charge < -0.3 is 4.90 Å². The summed E-state index contributed by atoms with van der Waals surface area (Å²) in [5.74, 6) is 0. The molecule has 1 aromatic carbocycles. The van der Waals surface area contributed by atoms with Gasteiger partial charge in [0.15, 0.2) is 0 Å². The van der Waals surface area contributed by atoms with Gasteiger partial charge in [0.2, 0.25) is 0 Å². The van der Waals surface area contributed by atoms with Crippen molar-refractivity contribution in [1.29, 1.82) is 0 Å². The Bertz CT molecular complexity index is 203. The third kappa shape index (κ3) is 3.01. The number of nitrogens with zero attached hydrogens (tertiary/aromatic N) is 1. The fraction of sp³-hybridized carbons (Fsp3) is 0.333. The summed E-state index contributed by atoms with van der Waals surface area (Å²) in [5, 5.41) is 0. The van der Waals surface area contributed by atoms with Crippen molar-refractivity contribution in [2.75, 3.05) is 19.0 Å². The summed E-state index contributed by atoms with van der Waals surface area (Å²) in [4.78, 5) is 2.10. The molecule has 1 nitrogen and oxygen atoms in total. The van der Waals surface area contributed by atoms with Crippen LogP contribution >= 0.6 is 0 Å². The van der Waals surface area contributed by atoms with Crippen LogP contribution in [0.15, 0.2) is 24.3 Å². The molecule has 0 aliphatic heterocycles. The van der Waals surface area contributed by atoms with E-state index in [9.17, 15) is 0 Å². The number of benzene rings is 1. The van der Waals surface area contributed by atoms with E-state index in [-0.39, 0.29) is 18.9 Å². The summed E-state index contributed by atoms with van der Waals surface area (Å²) in [7, 11) is 4.09. The molecule has 2 heteroatoms. The van der Waals surface area contributed by atoms with Gasteiger partial charge >= 0.3 is 18.9 Å². The van der Waals surface area contributed by atoms with Gasteiger partial charge in [-0.15, -0.1) is 0 Å². The molecule has 0 unspecified atom stereocenters. The van der Waals surface area contributed by atoms with Crippen molar-refractivity contribution >= 4 is 5.69 Å². The van der Waals surface area contributed by atoms with E-state index in [4.69, 9.17) is 0 Å². The van der Waals surface area contributed by atoms with E-state index in [1.165, 1.54) is 11.3 Å². The number of rotatable bonds is 1. The van der Waals surface area contributed by atoms with Gasteiger partial charge in [-0.25, -0.2) is 0 Å². The molecule has 0 atom stereocenters. The minimum Gasteiger partial charge on any atom is -0.378 e. The zero-order chi connectivity index (χ0) is 7.56. The Labute approximate surface area is 80.6 Å². The first-order valence-electron chi connectivity index (χ1n) is 3.44. The maximum Gasteiger partial charge on any atom is 1.00 e. The predicted molar refractivity (Wildman–Crippen MR) is 45.5 cm³/mol. The number of aryl methyl sites for hydroxylation is 1. The van der Waals surface area contributed by atoms with Gasteiger partial charge in [-0.1, -0.05) is 17.7 Å². The third-order valence-electron chi connectivity index (χ3n) is 1.55. The SMILES string of the molecule is Cc1ccc(N(C)C)cc1.[Li+]. The molecular weight excluding hydrogens is 129 g/mol. The molecular formula is C9H13LiN+. The standard InChI is InChI=1S/C9H13N.Li/c1-8-4-6-9(7-5-8)10(2)3;/h4-7H,1-3H3;/q;+1. The average molecular weight is 142 g/mol. The fourth-order valence-electron chi connectivity index (χ4n) is 0.843. The molecule has 54 valence electrons. The van der Waals surface area contributed by atoms with Gasteiger partial charge in [-0.3, -0.25) is 0 Å². The van der Waals surface area contributed by atoms with Crippen LogP contribution < -0.4 is 23.8 Å². The molecule has 1 aromatic rings. The molecule has 0 aliphatic carbocycles. The van der Waals surface area contributed by atoms with E-state index in [0.29, 0.717) is 0 Å². The molecule has 0 fully saturated rings. The summed E-state index contributed by atoms with van der Waals surface area (Å²) >= 11 is 0. The second-order valence-electron chi connectivity index (χ2n) is 2.73. The zero-order valence-corrected chi connectivity index (χ0v) is 7.76. The third-order valence-corrected chi connectivity index (χ3v) is 1.55. The van der Waals surface area contributed by atoms with Crippen molar-refractivity contribution in [1.82, 2.24) is 0 Å². The van der Waals surface area contributed by atoms with E-state index >= 15 is 0 Å². The van der Waals surface area contributed by atoms with Crippen LogP contribution in [0.4, 0.5) is 5.69 Å². The van der Waals surface area contributed by atoms with Gasteiger partial charge in [0.05, 0.1) is 0 Å². The quantitative estimate of drug-likeness (QED) is 0.458. The van der Waals surface area contributed by atoms with Crippen LogP contribution in [-0.4, -0.2) is 14.1 Å². The van der Waals surface area contributed by atoms with Gasteiger partial charge in [-0.2, -0.15) is 0 Å². The molecule has 0 spiro atoms. The summed E-state index contributed by atoms with van der Waals surface area (Å²) in [6.45, 7) is 2.10. The van der Waals surface area contributed by atoms with Crippen molar-refractivity contribution in [3.05, 3.63) is 29.8 Å². The fourth-order valence-corrected chi connectivity index (χ4v) is 0.843. The van der Waals surface area contributed by atoms with Crippen molar-refractivity contribution < 1.29 is 18.9 Å². The van der Waals surface area contributed by atoms with E-state index in [1.54, 1.807) is 0 Å². The van der Waals surface area contributed by atoms with Gasteiger partial charge in [-0.05, 0) is 19.1 Å². The normalized spacial score (nSPS) is 8.64. The van der Waals surface area contributed by atoms with E-state index in [2.05, 4.69) is 36.1 Å². The predicted octanol–water partition coefficient (Wildman–Crippen LogP) is -0.935. The van der Waals surface area contributed by atoms with Gasteiger partial charge in [0.1, 0.15) is 0 Å². The number of anilines is 1. The molecule has 0 aromatic heterocycles. The van der Waals surface area contributed by atoms with Crippen LogP contribution in [0.25, 0.3) is 0 Å². The Morgan fingerprint density at radius 3 is 1.82 bits per heavy atom. The largest absolute Gasteiger partial charge is 1.00 e. The minimum atomic E-state index is 0. The maximum atomic E-state index is 2.12. The van der Waals surface area contributed by atoms with E-state index in [1.807, 2.05) is 14.1 Å². The molecule has 1 rings (SSSR count). The summed E-state index contributed by atoms with van der Waals surface area (Å²) < 4.78 is 0. The molecule has 0 bridgehead atoms.